The van der Waals surface area contributed by atoms with Gasteiger partial charge in [0.05, 0.1) is 13.7 Å². The molecule has 0 fully saturated rings. The largest absolute Gasteiger partial charge is 0.493 e. The molecule has 116 valence electrons. The fraction of sp³-hybridized carbons (Fsp3) is 0.235. The summed E-state index contributed by atoms with van der Waals surface area (Å²) >= 11 is 3.41. The first-order valence-corrected chi connectivity index (χ1v) is 7.72. The fourth-order valence-electron chi connectivity index (χ4n) is 2.05. The molecule has 0 saturated carbocycles. The van der Waals surface area contributed by atoms with Gasteiger partial charge in [-0.15, -0.1) is 0 Å². The summed E-state index contributed by atoms with van der Waals surface area (Å²) in [5, 5.41) is 2.90. The molecule has 2 aromatic carbocycles. The van der Waals surface area contributed by atoms with Gasteiger partial charge in [0.25, 0.3) is 5.91 Å². The Morgan fingerprint density at radius 3 is 2.59 bits per heavy atom. The van der Waals surface area contributed by atoms with E-state index in [0.717, 1.165) is 15.7 Å². The number of benzene rings is 2. The predicted octanol–water partition coefficient (Wildman–Crippen LogP) is 4.42. The molecule has 0 aliphatic rings. The van der Waals surface area contributed by atoms with Gasteiger partial charge < -0.3 is 14.8 Å². The van der Waals surface area contributed by atoms with Crippen LogP contribution in [0, 0.1) is 6.92 Å². The minimum Gasteiger partial charge on any atom is -0.493 e. The molecule has 2 rings (SSSR count). The van der Waals surface area contributed by atoms with Crippen LogP contribution in [0.5, 0.6) is 11.5 Å². The molecule has 1 amide bonds. The maximum atomic E-state index is 12.4. The number of hydrogen-bond donors (Lipinski definition) is 1. The molecule has 2 aromatic rings. The number of carbonyl (C=O) groups excluding carboxylic acids is 1. The minimum absolute atomic E-state index is 0.186. The van der Waals surface area contributed by atoms with E-state index >= 15 is 0 Å². The van der Waals surface area contributed by atoms with E-state index in [1.807, 2.05) is 32.0 Å². The lowest BCUT2D eigenvalue weighted by molar-refractivity contribution is 0.102. The van der Waals surface area contributed by atoms with Crippen LogP contribution in [0.4, 0.5) is 5.69 Å². The maximum absolute atomic E-state index is 12.4. The number of rotatable bonds is 5. The number of methoxy groups -OCH3 is 1. The van der Waals surface area contributed by atoms with Gasteiger partial charge in [0.1, 0.15) is 0 Å². The molecule has 0 saturated heterocycles. The number of amides is 1. The van der Waals surface area contributed by atoms with Gasteiger partial charge >= 0.3 is 0 Å². The molecule has 4 nitrogen and oxygen atoms in total. The van der Waals surface area contributed by atoms with Crippen LogP contribution < -0.4 is 14.8 Å². The van der Waals surface area contributed by atoms with Crippen molar-refractivity contribution in [1.82, 2.24) is 0 Å². The van der Waals surface area contributed by atoms with Gasteiger partial charge in [0.2, 0.25) is 0 Å². The van der Waals surface area contributed by atoms with Crippen LogP contribution in [0.15, 0.2) is 40.9 Å². The van der Waals surface area contributed by atoms with E-state index in [-0.39, 0.29) is 5.91 Å². The first-order chi connectivity index (χ1) is 10.5. The molecule has 0 spiro atoms. The Balaban J connectivity index is 2.23. The van der Waals surface area contributed by atoms with Crippen LogP contribution in [-0.4, -0.2) is 19.6 Å². The summed E-state index contributed by atoms with van der Waals surface area (Å²) in [5.74, 6) is 0.984. The van der Waals surface area contributed by atoms with Crippen molar-refractivity contribution in [3.63, 3.8) is 0 Å². The lowest BCUT2D eigenvalue weighted by atomic mass is 10.1. The summed E-state index contributed by atoms with van der Waals surface area (Å²) in [7, 11) is 1.57. The second kappa shape index (κ2) is 7.31. The Morgan fingerprint density at radius 2 is 1.95 bits per heavy atom. The average Bonchev–Trinajstić information content (AvgIpc) is 2.50. The molecule has 0 unspecified atom stereocenters. The molecule has 0 bridgehead atoms. The van der Waals surface area contributed by atoms with Crippen LogP contribution >= 0.6 is 15.9 Å². The smallest absolute Gasteiger partial charge is 0.255 e. The normalized spacial score (nSPS) is 10.2. The molecule has 5 heteroatoms. The van der Waals surface area contributed by atoms with Crippen LogP contribution in [0.2, 0.25) is 0 Å². The molecule has 0 atom stereocenters. The van der Waals surface area contributed by atoms with Gasteiger partial charge in [0.15, 0.2) is 11.5 Å². The Kier molecular flexibility index (Phi) is 5.44. The molecule has 0 heterocycles. The van der Waals surface area contributed by atoms with Crippen molar-refractivity contribution in [2.24, 2.45) is 0 Å². The van der Waals surface area contributed by atoms with E-state index in [9.17, 15) is 4.79 Å². The Bertz CT molecular complexity index is 686. The predicted molar refractivity (Wildman–Crippen MR) is 91.0 cm³/mol. The lowest BCUT2D eigenvalue weighted by Gasteiger charge is -2.12. The topological polar surface area (TPSA) is 47.6 Å². The van der Waals surface area contributed by atoms with Gasteiger partial charge in [-0.2, -0.15) is 0 Å². The average molecular weight is 364 g/mol. The van der Waals surface area contributed by atoms with E-state index in [0.29, 0.717) is 23.7 Å². The van der Waals surface area contributed by atoms with Gasteiger partial charge in [-0.3, -0.25) is 4.79 Å². The molecule has 22 heavy (non-hydrogen) atoms. The highest BCUT2D eigenvalue weighted by molar-refractivity contribution is 9.10. The molecule has 0 aliphatic heterocycles. The fourth-order valence-corrected chi connectivity index (χ4v) is 2.52. The van der Waals surface area contributed by atoms with E-state index < -0.39 is 0 Å². The zero-order valence-corrected chi connectivity index (χ0v) is 14.4. The third-order valence-electron chi connectivity index (χ3n) is 3.16. The molecule has 0 aliphatic carbocycles. The SMILES string of the molecule is CCOc1cc(C(=O)Nc2ccc(Br)cc2C)ccc1OC. The number of nitrogens with one attached hydrogen (secondary N) is 1. The molecular weight excluding hydrogens is 346 g/mol. The monoisotopic (exact) mass is 363 g/mol. The highest BCUT2D eigenvalue weighted by Crippen LogP contribution is 2.28. The van der Waals surface area contributed by atoms with Crippen molar-refractivity contribution in [3.8, 4) is 11.5 Å². The zero-order chi connectivity index (χ0) is 16.1. The summed E-state index contributed by atoms with van der Waals surface area (Å²) in [6, 6.07) is 10.8. The van der Waals surface area contributed by atoms with Crippen molar-refractivity contribution < 1.29 is 14.3 Å². The number of ether oxygens (including phenoxy) is 2. The lowest BCUT2D eigenvalue weighted by Crippen LogP contribution is -2.13. The summed E-state index contributed by atoms with van der Waals surface area (Å²) in [4.78, 5) is 12.4. The number of carbonyl (C=O) groups is 1. The summed E-state index contributed by atoms with van der Waals surface area (Å²) in [6.45, 7) is 4.34. The van der Waals surface area contributed by atoms with Crippen molar-refractivity contribution in [2.75, 3.05) is 19.0 Å². The van der Waals surface area contributed by atoms with Gasteiger partial charge in [0, 0.05) is 15.7 Å². The van der Waals surface area contributed by atoms with E-state index in [1.54, 1.807) is 25.3 Å². The zero-order valence-electron chi connectivity index (χ0n) is 12.8. The second-order valence-corrected chi connectivity index (χ2v) is 5.63. The van der Waals surface area contributed by atoms with Crippen molar-refractivity contribution in [2.45, 2.75) is 13.8 Å². The Hall–Kier alpha value is -2.01. The number of halogens is 1. The molecule has 1 N–H and O–H groups in total. The van der Waals surface area contributed by atoms with Gasteiger partial charge in [-0.1, -0.05) is 15.9 Å². The van der Waals surface area contributed by atoms with E-state index in [1.165, 1.54) is 0 Å². The quantitative estimate of drug-likeness (QED) is 0.855. The summed E-state index contributed by atoms with van der Waals surface area (Å²) < 4.78 is 11.7. The third kappa shape index (κ3) is 3.80. The second-order valence-electron chi connectivity index (χ2n) is 4.71. The molecule has 0 aromatic heterocycles. The highest BCUT2D eigenvalue weighted by Gasteiger charge is 2.12. The van der Waals surface area contributed by atoms with Crippen molar-refractivity contribution in [3.05, 3.63) is 52.0 Å². The van der Waals surface area contributed by atoms with Crippen LogP contribution in [0.3, 0.4) is 0 Å². The minimum atomic E-state index is -0.186. The van der Waals surface area contributed by atoms with Crippen LogP contribution in [0.25, 0.3) is 0 Å². The summed E-state index contributed by atoms with van der Waals surface area (Å²) in [5.41, 5.74) is 2.29. The first-order valence-electron chi connectivity index (χ1n) is 6.93. The first kappa shape index (κ1) is 16.4. The van der Waals surface area contributed by atoms with Crippen LogP contribution in [0.1, 0.15) is 22.8 Å². The van der Waals surface area contributed by atoms with E-state index in [4.69, 9.17) is 9.47 Å². The third-order valence-corrected chi connectivity index (χ3v) is 3.66. The molecule has 0 radical (unpaired) electrons. The molecular formula is C17H18BrNO3. The maximum Gasteiger partial charge on any atom is 0.255 e. The standard InChI is InChI=1S/C17H18BrNO3/c1-4-22-16-10-12(5-8-15(16)21-3)17(20)19-14-7-6-13(18)9-11(14)2/h5-10H,4H2,1-3H3,(H,19,20). The Morgan fingerprint density at radius 1 is 1.18 bits per heavy atom. The van der Waals surface area contributed by atoms with E-state index in [2.05, 4.69) is 21.2 Å². The van der Waals surface area contributed by atoms with Crippen molar-refractivity contribution in [1.29, 1.82) is 0 Å². The van der Waals surface area contributed by atoms with Crippen molar-refractivity contribution >= 4 is 27.5 Å². The van der Waals surface area contributed by atoms with Gasteiger partial charge in [-0.05, 0) is 55.8 Å². The highest BCUT2D eigenvalue weighted by atomic mass is 79.9. The van der Waals surface area contributed by atoms with Crippen LogP contribution in [-0.2, 0) is 0 Å². The number of anilines is 1. The number of hydrogen-bond acceptors (Lipinski definition) is 3. The number of aryl methyl sites for hydroxylation is 1. The summed E-state index contributed by atoms with van der Waals surface area (Å²) in [6.07, 6.45) is 0. The van der Waals surface area contributed by atoms with Gasteiger partial charge in [-0.25, -0.2) is 0 Å². The Labute approximate surface area is 138 Å².